The average molecular weight is 444 g/mol. The second-order valence-corrected chi connectivity index (χ2v) is 8.61. The van der Waals surface area contributed by atoms with Gasteiger partial charge >= 0.3 is 0 Å². The normalized spacial score (nSPS) is 14.3. The fourth-order valence-corrected chi connectivity index (χ4v) is 4.04. The molecule has 1 fully saturated rings. The van der Waals surface area contributed by atoms with Crippen LogP contribution in [0.2, 0.25) is 0 Å². The van der Waals surface area contributed by atoms with Crippen LogP contribution in [-0.4, -0.2) is 27.9 Å². The van der Waals surface area contributed by atoms with E-state index in [1.807, 2.05) is 37.5 Å². The van der Waals surface area contributed by atoms with Crippen molar-refractivity contribution in [2.45, 2.75) is 38.1 Å². The highest BCUT2D eigenvalue weighted by Crippen LogP contribution is 2.39. The Bertz CT molecular complexity index is 1330. The smallest absolute Gasteiger partial charge is 0.251 e. The molecule has 1 aliphatic rings. The third-order valence-electron chi connectivity index (χ3n) is 6.16. The summed E-state index contributed by atoms with van der Waals surface area (Å²) in [7, 11) is 1.82. The van der Waals surface area contributed by atoms with E-state index < -0.39 is 11.9 Å². The van der Waals surface area contributed by atoms with Gasteiger partial charge in [-0.15, -0.1) is 0 Å². The number of rotatable bonds is 7. The van der Waals surface area contributed by atoms with Crippen molar-refractivity contribution in [2.75, 3.05) is 12.4 Å². The van der Waals surface area contributed by atoms with Crippen molar-refractivity contribution in [1.29, 1.82) is 0 Å². The molecule has 168 valence electrons. The first-order valence-electron chi connectivity index (χ1n) is 11.2. The standard InChI is InChI=1S/C26H26FN5O/c1-15-7-8-17(11-20(15)27)26(33)31-22(12-18-14-29-21-6-4-3-5-19(18)21)23-13-24(28-2)32-25(30-23)16-9-10-16/h3-8,11,13-14,16,22,29H,9-10,12H2,1-2H3,(H,31,33)(H,28,30,32)/t22-/m0/s1. The van der Waals surface area contributed by atoms with Crippen LogP contribution in [0.5, 0.6) is 0 Å². The fourth-order valence-electron chi connectivity index (χ4n) is 4.04. The number of hydrogen-bond donors (Lipinski definition) is 3. The van der Waals surface area contributed by atoms with Crippen LogP contribution >= 0.6 is 0 Å². The molecule has 2 heterocycles. The summed E-state index contributed by atoms with van der Waals surface area (Å²) in [6.07, 6.45) is 4.66. The van der Waals surface area contributed by atoms with E-state index in [0.717, 1.165) is 46.6 Å². The largest absolute Gasteiger partial charge is 0.373 e. The molecule has 0 bridgehead atoms. The predicted octanol–water partition coefficient (Wildman–Crippen LogP) is 5.04. The lowest BCUT2D eigenvalue weighted by Crippen LogP contribution is -2.31. The van der Waals surface area contributed by atoms with Crippen LogP contribution in [0.4, 0.5) is 10.2 Å². The van der Waals surface area contributed by atoms with Crippen molar-refractivity contribution >= 4 is 22.6 Å². The highest BCUT2D eigenvalue weighted by molar-refractivity contribution is 5.94. The molecule has 6 nitrogen and oxygen atoms in total. The van der Waals surface area contributed by atoms with Crippen LogP contribution in [-0.2, 0) is 6.42 Å². The number of aryl methyl sites for hydroxylation is 1. The van der Waals surface area contributed by atoms with Crippen LogP contribution in [0.3, 0.4) is 0 Å². The van der Waals surface area contributed by atoms with Gasteiger partial charge in [0.1, 0.15) is 17.5 Å². The summed E-state index contributed by atoms with van der Waals surface area (Å²) in [5.74, 6) is 1.16. The molecule has 4 aromatic rings. The molecule has 1 amide bonds. The molecule has 0 saturated heterocycles. The Morgan fingerprint density at radius 2 is 2.00 bits per heavy atom. The van der Waals surface area contributed by atoms with Gasteiger partial charge in [0, 0.05) is 48.1 Å². The van der Waals surface area contributed by atoms with Gasteiger partial charge in [-0.05, 0) is 49.1 Å². The van der Waals surface area contributed by atoms with E-state index in [1.54, 1.807) is 19.1 Å². The minimum Gasteiger partial charge on any atom is -0.373 e. The lowest BCUT2D eigenvalue weighted by molar-refractivity contribution is 0.0935. The van der Waals surface area contributed by atoms with E-state index in [-0.39, 0.29) is 11.5 Å². The van der Waals surface area contributed by atoms with Crippen LogP contribution in [0.25, 0.3) is 10.9 Å². The lowest BCUT2D eigenvalue weighted by atomic mass is 10.0. The Labute approximate surface area is 191 Å². The Balaban J connectivity index is 1.52. The highest BCUT2D eigenvalue weighted by Gasteiger charge is 2.29. The highest BCUT2D eigenvalue weighted by atomic mass is 19.1. The monoisotopic (exact) mass is 443 g/mol. The average Bonchev–Trinajstić information content (AvgIpc) is 3.61. The lowest BCUT2D eigenvalue weighted by Gasteiger charge is -2.20. The second-order valence-electron chi connectivity index (χ2n) is 8.61. The molecule has 0 spiro atoms. The number of para-hydroxylation sites is 1. The first-order chi connectivity index (χ1) is 16.0. The number of hydrogen-bond acceptors (Lipinski definition) is 4. The Kier molecular flexibility index (Phi) is 5.54. The number of halogens is 1. The Morgan fingerprint density at radius 3 is 2.76 bits per heavy atom. The number of fused-ring (bicyclic) bond motifs is 1. The first kappa shape index (κ1) is 21.1. The molecule has 1 aliphatic carbocycles. The molecular weight excluding hydrogens is 417 g/mol. The minimum absolute atomic E-state index is 0.285. The van der Waals surface area contributed by atoms with E-state index >= 15 is 0 Å². The minimum atomic E-state index is -0.409. The van der Waals surface area contributed by atoms with Crippen molar-refractivity contribution in [3.63, 3.8) is 0 Å². The van der Waals surface area contributed by atoms with Crippen LogP contribution in [0.1, 0.15) is 57.8 Å². The molecule has 1 saturated carbocycles. The number of nitrogens with one attached hydrogen (secondary N) is 3. The van der Waals surface area contributed by atoms with Gasteiger partial charge in [0.2, 0.25) is 0 Å². The summed E-state index contributed by atoms with van der Waals surface area (Å²) < 4.78 is 14.1. The molecule has 0 aliphatic heterocycles. The Hall–Kier alpha value is -3.74. The van der Waals surface area contributed by atoms with Gasteiger partial charge < -0.3 is 15.6 Å². The topological polar surface area (TPSA) is 82.7 Å². The molecule has 1 atom stereocenters. The predicted molar refractivity (Wildman–Crippen MR) is 127 cm³/mol. The Morgan fingerprint density at radius 1 is 1.18 bits per heavy atom. The fraction of sp³-hybridized carbons (Fsp3) is 0.269. The van der Waals surface area contributed by atoms with E-state index in [0.29, 0.717) is 17.9 Å². The van der Waals surface area contributed by atoms with Crippen molar-refractivity contribution in [1.82, 2.24) is 20.3 Å². The van der Waals surface area contributed by atoms with E-state index in [2.05, 4.69) is 26.7 Å². The molecule has 2 aromatic carbocycles. The summed E-state index contributed by atoms with van der Waals surface area (Å²) in [6.45, 7) is 1.68. The molecule has 7 heteroatoms. The van der Waals surface area contributed by atoms with Gasteiger partial charge in [-0.25, -0.2) is 14.4 Å². The summed E-state index contributed by atoms with van der Waals surface area (Å²) in [6, 6.07) is 14.1. The zero-order valence-electron chi connectivity index (χ0n) is 18.7. The number of amides is 1. The summed E-state index contributed by atoms with van der Waals surface area (Å²) in [5, 5.41) is 7.31. The molecule has 0 unspecified atom stereocenters. The number of aromatic amines is 1. The number of aromatic nitrogens is 3. The third-order valence-corrected chi connectivity index (χ3v) is 6.16. The molecule has 33 heavy (non-hydrogen) atoms. The second kappa shape index (κ2) is 8.65. The van der Waals surface area contributed by atoms with Crippen molar-refractivity contribution in [3.8, 4) is 0 Å². The number of benzene rings is 2. The van der Waals surface area contributed by atoms with Gasteiger partial charge in [0.05, 0.1) is 11.7 Å². The summed E-state index contributed by atoms with van der Waals surface area (Å²) in [5.41, 5.74) is 3.64. The first-order valence-corrected chi connectivity index (χ1v) is 11.2. The van der Waals surface area contributed by atoms with Gasteiger partial charge in [0.25, 0.3) is 5.91 Å². The van der Waals surface area contributed by atoms with E-state index in [4.69, 9.17) is 4.98 Å². The van der Waals surface area contributed by atoms with Gasteiger partial charge in [-0.1, -0.05) is 24.3 Å². The quantitative estimate of drug-likeness (QED) is 0.374. The maximum Gasteiger partial charge on any atom is 0.251 e. The van der Waals surface area contributed by atoms with Gasteiger partial charge in [-0.2, -0.15) is 0 Å². The van der Waals surface area contributed by atoms with Gasteiger partial charge in [0.15, 0.2) is 0 Å². The number of carbonyl (C=O) groups excluding carboxylic acids is 1. The summed E-state index contributed by atoms with van der Waals surface area (Å²) in [4.78, 5) is 25.9. The molecule has 2 aromatic heterocycles. The van der Waals surface area contributed by atoms with E-state index in [1.165, 1.54) is 6.07 Å². The number of nitrogens with zero attached hydrogens (tertiary/aromatic N) is 2. The van der Waals surface area contributed by atoms with Crippen LogP contribution < -0.4 is 10.6 Å². The third kappa shape index (κ3) is 4.44. The molecule has 0 radical (unpaired) electrons. The maximum atomic E-state index is 14.1. The van der Waals surface area contributed by atoms with Crippen LogP contribution in [0.15, 0.2) is 54.7 Å². The number of anilines is 1. The van der Waals surface area contributed by atoms with Crippen LogP contribution in [0, 0.1) is 12.7 Å². The molecular formula is C26H26FN5O. The number of carbonyl (C=O) groups is 1. The van der Waals surface area contributed by atoms with Crippen molar-refractivity contribution in [3.05, 3.63) is 88.8 Å². The summed E-state index contributed by atoms with van der Waals surface area (Å²) >= 11 is 0. The zero-order valence-corrected chi connectivity index (χ0v) is 18.7. The SMILES string of the molecule is CNc1cc([C@H](Cc2c[nH]c3ccccc23)NC(=O)c2ccc(C)c(F)c2)nc(C2CC2)n1. The maximum absolute atomic E-state index is 14.1. The molecule has 5 rings (SSSR count). The van der Waals surface area contributed by atoms with Gasteiger partial charge in [-0.3, -0.25) is 4.79 Å². The number of H-pyrrole nitrogens is 1. The van der Waals surface area contributed by atoms with E-state index in [9.17, 15) is 9.18 Å². The van der Waals surface area contributed by atoms with Crippen molar-refractivity contribution < 1.29 is 9.18 Å². The van der Waals surface area contributed by atoms with Crippen molar-refractivity contribution in [2.24, 2.45) is 0 Å². The zero-order chi connectivity index (χ0) is 22.9. The molecule has 3 N–H and O–H groups in total.